The van der Waals surface area contributed by atoms with Crippen molar-refractivity contribution in [1.29, 1.82) is 0 Å². The van der Waals surface area contributed by atoms with Crippen LogP contribution in [0, 0.1) is 20.8 Å². The van der Waals surface area contributed by atoms with E-state index in [2.05, 4.69) is 32.3 Å². The van der Waals surface area contributed by atoms with Crippen LogP contribution in [0.1, 0.15) is 16.8 Å². The topological polar surface area (TPSA) is 24.9 Å². The predicted molar refractivity (Wildman–Crippen MR) is 80.9 cm³/mol. The number of hydrogen-bond donors (Lipinski definition) is 1. The third kappa shape index (κ3) is 2.85. The number of benzene rings is 1. The molecule has 1 aromatic heterocycles. The van der Waals surface area contributed by atoms with Crippen molar-refractivity contribution in [2.75, 3.05) is 5.32 Å². The van der Waals surface area contributed by atoms with Crippen molar-refractivity contribution < 1.29 is 0 Å². The first-order chi connectivity index (χ1) is 8.47. The maximum Gasteiger partial charge on any atom is 0.130 e. The quantitative estimate of drug-likeness (QED) is 0.824. The van der Waals surface area contributed by atoms with Gasteiger partial charge in [-0.25, -0.2) is 4.98 Å². The zero-order chi connectivity index (χ0) is 13.3. The molecule has 0 atom stereocenters. The lowest BCUT2D eigenvalue weighted by molar-refractivity contribution is 1.18. The maximum atomic E-state index is 6.26. The summed E-state index contributed by atoms with van der Waals surface area (Å²) in [6.45, 7) is 6.02. The van der Waals surface area contributed by atoms with Gasteiger partial charge in [-0.2, -0.15) is 0 Å². The normalized spacial score (nSPS) is 10.5. The molecule has 94 valence electrons. The summed E-state index contributed by atoms with van der Waals surface area (Å²) in [4.78, 5) is 4.46. The van der Waals surface area contributed by atoms with Gasteiger partial charge in [-0.1, -0.05) is 17.7 Å². The van der Waals surface area contributed by atoms with Crippen LogP contribution in [0.5, 0.6) is 0 Å². The lowest BCUT2D eigenvalue weighted by Crippen LogP contribution is -1.98. The molecule has 0 spiro atoms. The highest BCUT2D eigenvalue weighted by molar-refractivity contribution is 9.10. The van der Waals surface area contributed by atoms with E-state index >= 15 is 0 Å². The van der Waals surface area contributed by atoms with Gasteiger partial charge in [0.15, 0.2) is 0 Å². The standard InChI is InChI=1S/C14H14BrClN2/c1-8-6-9(2)14(12(16)7-8)18-13-5-4-11(15)10(3)17-13/h4-7H,1-3H3,(H,17,18). The molecule has 2 rings (SSSR count). The molecule has 1 aromatic carbocycles. The molecule has 0 unspecified atom stereocenters. The molecule has 1 heterocycles. The summed E-state index contributed by atoms with van der Waals surface area (Å²) >= 11 is 9.69. The summed E-state index contributed by atoms with van der Waals surface area (Å²) < 4.78 is 1.000. The van der Waals surface area contributed by atoms with Crippen LogP contribution in [0.15, 0.2) is 28.7 Å². The van der Waals surface area contributed by atoms with Gasteiger partial charge in [-0.3, -0.25) is 0 Å². The van der Waals surface area contributed by atoms with Gasteiger partial charge in [-0.15, -0.1) is 0 Å². The molecular formula is C14H14BrClN2. The molecule has 0 bridgehead atoms. The Morgan fingerprint density at radius 1 is 1.17 bits per heavy atom. The number of hydrogen-bond acceptors (Lipinski definition) is 2. The third-order valence-corrected chi connectivity index (χ3v) is 3.84. The summed E-state index contributed by atoms with van der Waals surface area (Å²) in [6.07, 6.45) is 0. The van der Waals surface area contributed by atoms with Crippen molar-refractivity contribution in [2.45, 2.75) is 20.8 Å². The molecule has 0 aliphatic carbocycles. The van der Waals surface area contributed by atoms with Gasteiger partial charge < -0.3 is 5.32 Å². The number of nitrogens with one attached hydrogen (secondary N) is 1. The Morgan fingerprint density at radius 3 is 2.50 bits per heavy atom. The zero-order valence-corrected chi connectivity index (χ0v) is 12.9. The van der Waals surface area contributed by atoms with E-state index in [0.29, 0.717) is 0 Å². The SMILES string of the molecule is Cc1cc(C)c(Nc2ccc(Br)c(C)n2)c(Cl)c1. The molecule has 1 N–H and O–H groups in total. The summed E-state index contributed by atoms with van der Waals surface area (Å²) in [5.74, 6) is 0.796. The average molecular weight is 326 g/mol. The molecule has 0 amide bonds. The van der Waals surface area contributed by atoms with Crippen molar-refractivity contribution in [3.8, 4) is 0 Å². The number of halogens is 2. The van der Waals surface area contributed by atoms with Crippen LogP contribution in [-0.4, -0.2) is 4.98 Å². The van der Waals surface area contributed by atoms with E-state index in [1.54, 1.807) is 0 Å². The van der Waals surface area contributed by atoms with Gasteiger partial charge in [0.2, 0.25) is 0 Å². The van der Waals surface area contributed by atoms with Gasteiger partial charge in [0.25, 0.3) is 0 Å². The van der Waals surface area contributed by atoms with Crippen LogP contribution in [0.2, 0.25) is 5.02 Å². The molecule has 18 heavy (non-hydrogen) atoms. The van der Waals surface area contributed by atoms with E-state index in [-0.39, 0.29) is 0 Å². The Hall–Kier alpha value is -1.06. The molecule has 0 radical (unpaired) electrons. The number of anilines is 2. The smallest absolute Gasteiger partial charge is 0.130 e. The number of aryl methyl sites for hydroxylation is 3. The Kier molecular flexibility index (Phi) is 3.93. The zero-order valence-electron chi connectivity index (χ0n) is 10.5. The van der Waals surface area contributed by atoms with Crippen molar-refractivity contribution >= 4 is 39.0 Å². The van der Waals surface area contributed by atoms with E-state index in [0.717, 1.165) is 37.8 Å². The molecule has 2 nitrogen and oxygen atoms in total. The lowest BCUT2D eigenvalue weighted by Gasteiger charge is -2.12. The van der Waals surface area contributed by atoms with Crippen molar-refractivity contribution in [2.24, 2.45) is 0 Å². The van der Waals surface area contributed by atoms with Crippen molar-refractivity contribution in [1.82, 2.24) is 4.98 Å². The second kappa shape index (κ2) is 5.29. The second-order valence-corrected chi connectivity index (χ2v) is 5.59. The highest BCUT2D eigenvalue weighted by Gasteiger charge is 2.07. The van der Waals surface area contributed by atoms with Gasteiger partial charge in [-0.05, 0) is 66.0 Å². The minimum atomic E-state index is 0.717. The first-order valence-electron chi connectivity index (χ1n) is 5.64. The van der Waals surface area contributed by atoms with E-state index < -0.39 is 0 Å². The monoisotopic (exact) mass is 324 g/mol. The fourth-order valence-corrected chi connectivity index (χ4v) is 2.41. The highest BCUT2D eigenvalue weighted by atomic mass is 79.9. The summed E-state index contributed by atoms with van der Waals surface area (Å²) in [6, 6.07) is 7.94. The summed E-state index contributed by atoms with van der Waals surface area (Å²) in [5.41, 5.74) is 4.13. The van der Waals surface area contributed by atoms with Crippen LogP contribution >= 0.6 is 27.5 Å². The summed E-state index contributed by atoms with van der Waals surface area (Å²) in [7, 11) is 0. The van der Waals surface area contributed by atoms with Crippen LogP contribution in [-0.2, 0) is 0 Å². The van der Waals surface area contributed by atoms with Crippen LogP contribution in [0.25, 0.3) is 0 Å². The molecule has 4 heteroatoms. The minimum absolute atomic E-state index is 0.717. The largest absolute Gasteiger partial charge is 0.339 e. The first kappa shape index (κ1) is 13.4. The van der Waals surface area contributed by atoms with Gasteiger partial charge in [0.1, 0.15) is 5.82 Å². The molecule has 2 aromatic rings. The first-order valence-corrected chi connectivity index (χ1v) is 6.81. The molecule has 0 saturated heterocycles. The van der Waals surface area contributed by atoms with E-state index in [4.69, 9.17) is 11.6 Å². The Labute approximate surface area is 121 Å². The second-order valence-electron chi connectivity index (χ2n) is 4.33. The van der Waals surface area contributed by atoms with Crippen LogP contribution < -0.4 is 5.32 Å². The molecule has 0 aliphatic heterocycles. The number of rotatable bonds is 2. The van der Waals surface area contributed by atoms with Gasteiger partial charge in [0.05, 0.1) is 16.4 Å². The average Bonchev–Trinajstić information content (AvgIpc) is 2.28. The lowest BCUT2D eigenvalue weighted by atomic mass is 10.1. The predicted octanol–water partition coefficient (Wildman–Crippen LogP) is 5.17. The van der Waals surface area contributed by atoms with Crippen molar-refractivity contribution in [3.63, 3.8) is 0 Å². The Bertz CT molecular complexity index is 573. The fourth-order valence-electron chi connectivity index (χ4n) is 1.82. The van der Waals surface area contributed by atoms with E-state index in [1.165, 1.54) is 0 Å². The van der Waals surface area contributed by atoms with Crippen molar-refractivity contribution in [3.05, 3.63) is 50.6 Å². The summed E-state index contributed by atoms with van der Waals surface area (Å²) in [5, 5.41) is 3.99. The van der Waals surface area contributed by atoms with E-state index in [9.17, 15) is 0 Å². The third-order valence-electron chi connectivity index (χ3n) is 2.71. The number of nitrogens with zero attached hydrogens (tertiary/aromatic N) is 1. The molecule has 0 aliphatic rings. The Morgan fingerprint density at radius 2 is 1.89 bits per heavy atom. The number of pyridine rings is 1. The molecule has 0 fully saturated rings. The van der Waals surface area contributed by atoms with Gasteiger partial charge in [0, 0.05) is 4.47 Å². The highest BCUT2D eigenvalue weighted by Crippen LogP contribution is 2.30. The molecular weight excluding hydrogens is 312 g/mol. The fraction of sp³-hybridized carbons (Fsp3) is 0.214. The van der Waals surface area contributed by atoms with Crippen LogP contribution in [0.4, 0.5) is 11.5 Å². The van der Waals surface area contributed by atoms with E-state index in [1.807, 2.05) is 39.0 Å². The minimum Gasteiger partial charge on any atom is -0.339 e. The van der Waals surface area contributed by atoms with Crippen LogP contribution in [0.3, 0.4) is 0 Å². The Balaban J connectivity index is 2.37. The maximum absolute atomic E-state index is 6.26. The number of aromatic nitrogens is 1. The molecule has 0 saturated carbocycles. The van der Waals surface area contributed by atoms with Gasteiger partial charge >= 0.3 is 0 Å².